The molecule has 0 atom stereocenters. The summed E-state index contributed by atoms with van der Waals surface area (Å²) in [6, 6.07) is 6.05. The number of hydrogen-bond donors (Lipinski definition) is 2. The number of carboxylic acid groups (broad SMARTS) is 1. The minimum absolute atomic E-state index is 0.0186. The highest BCUT2D eigenvalue weighted by Crippen LogP contribution is 2.19. The van der Waals surface area contributed by atoms with Crippen molar-refractivity contribution in [1.82, 2.24) is 9.97 Å². The molecule has 1 aromatic carbocycles. The summed E-state index contributed by atoms with van der Waals surface area (Å²) in [5, 5.41) is 11.6. The highest BCUT2D eigenvalue weighted by Gasteiger charge is 2.09. The van der Waals surface area contributed by atoms with Crippen molar-refractivity contribution in [3.63, 3.8) is 0 Å². The lowest BCUT2D eigenvalue weighted by molar-refractivity contribution is 0.0697. The molecule has 2 rings (SSSR count). The van der Waals surface area contributed by atoms with Gasteiger partial charge in [-0.3, -0.25) is 0 Å². The fraction of sp³-hybridized carbons (Fsp3) is 0.0833. The molecule has 0 amide bonds. The number of benzene rings is 1. The van der Waals surface area contributed by atoms with Gasteiger partial charge in [-0.2, -0.15) is 0 Å². The van der Waals surface area contributed by atoms with Gasteiger partial charge in [0.15, 0.2) is 11.6 Å². The van der Waals surface area contributed by atoms with E-state index in [1.807, 2.05) is 0 Å². The molecule has 0 saturated heterocycles. The number of anilines is 2. The summed E-state index contributed by atoms with van der Waals surface area (Å²) in [5.41, 5.74) is 0.792. The lowest BCUT2D eigenvalue weighted by atomic mass is 10.2. The first-order chi connectivity index (χ1) is 8.58. The molecular weight excluding hydrogens is 237 g/mol. The van der Waals surface area contributed by atoms with E-state index in [1.165, 1.54) is 25.4 Å². The van der Waals surface area contributed by atoms with Crippen molar-refractivity contribution in [2.24, 2.45) is 0 Å². The Kier molecular flexibility index (Phi) is 3.18. The summed E-state index contributed by atoms with van der Waals surface area (Å²) in [6.07, 6.45) is 1.24. The number of carboxylic acids is 1. The Labute approximate surface area is 102 Å². The van der Waals surface area contributed by atoms with Gasteiger partial charge in [0, 0.05) is 5.69 Å². The summed E-state index contributed by atoms with van der Waals surface area (Å²) in [5.74, 6) is -1.58. The summed E-state index contributed by atoms with van der Waals surface area (Å²) in [7, 11) is 0. The van der Waals surface area contributed by atoms with Crippen LogP contribution in [0.2, 0.25) is 0 Å². The summed E-state index contributed by atoms with van der Waals surface area (Å²) < 4.78 is 13.6. The molecule has 0 radical (unpaired) electrons. The zero-order valence-electron chi connectivity index (χ0n) is 9.51. The Morgan fingerprint density at radius 2 is 2.17 bits per heavy atom. The standard InChI is InChI=1S/C12H10FN3O2/c1-7-10(13)11(15-6-14-7)16-9-4-2-3-8(5-9)12(17)18/h2-6H,1H3,(H,17,18)(H,14,15,16). The second-order valence-corrected chi connectivity index (χ2v) is 3.63. The van der Waals surface area contributed by atoms with Crippen LogP contribution in [0.25, 0.3) is 0 Å². The van der Waals surface area contributed by atoms with Gasteiger partial charge in [0.05, 0.1) is 11.3 Å². The topological polar surface area (TPSA) is 75.1 Å². The Hall–Kier alpha value is -2.50. The second-order valence-electron chi connectivity index (χ2n) is 3.63. The molecule has 0 aliphatic carbocycles. The number of nitrogens with one attached hydrogen (secondary N) is 1. The predicted molar refractivity (Wildman–Crippen MR) is 63.4 cm³/mol. The highest BCUT2D eigenvalue weighted by molar-refractivity contribution is 5.89. The second kappa shape index (κ2) is 4.79. The Morgan fingerprint density at radius 3 is 2.89 bits per heavy atom. The van der Waals surface area contributed by atoms with Gasteiger partial charge >= 0.3 is 5.97 Å². The number of nitrogens with zero attached hydrogens (tertiary/aromatic N) is 2. The van der Waals surface area contributed by atoms with Crippen molar-refractivity contribution in [2.75, 3.05) is 5.32 Å². The van der Waals surface area contributed by atoms with Crippen LogP contribution in [-0.2, 0) is 0 Å². The number of halogens is 1. The van der Waals surface area contributed by atoms with E-state index in [4.69, 9.17) is 5.11 Å². The first kappa shape index (κ1) is 12.0. The number of hydrogen-bond acceptors (Lipinski definition) is 4. The molecule has 0 spiro atoms. The highest BCUT2D eigenvalue weighted by atomic mass is 19.1. The third-order valence-electron chi connectivity index (χ3n) is 2.34. The molecule has 0 bridgehead atoms. The van der Waals surface area contributed by atoms with Gasteiger partial charge in [-0.1, -0.05) is 6.07 Å². The third kappa shape index (κ3) is 2.42. The Bertz CT molecular complexity index is 602. The molecule has 0 saturated carbocycles. The van der Waals surface area contributed by atoms with Crippen LogP contribution in [0.1, 0.15) is 16.1 Å². The van der Waals surface area contributed by atoms with Crippen molar-refractivity contribution >= 4 is 17.5 Å². The average molecular weight is 247 g/mol. The molecular formula is C12H10FN3O2. The summed E-state index contributed by atoms with van der Waals surface area (Å²) in [4.78, 5) is 18.3. The molecule has 0 unspecified atom stereocenters. The van der Waals surface area contributed by atoms with Crippen molar-refractivity contribution in [3.05, 3.63) is 47.7 Å². The number of aromatic nitrogens is 2. The number of aromatic carboxylic acids is 1. The molecule has 6 heteroatoms. The predicted octanol–water partition coefficient (Wildman–Crippen LogP) is 2.37. The third-order valence-corrected chi connectivity index (χ3v) is 2.34. The van der Waals surface area contributed by atoms with Crippen molar-refractivity contribution in [3.8, 4) is 0 Å². The van der Waals surface area contributed by atoms with Gasteiger partial charge in [-0.25, -0.2) is 19.2 Å². The largest absolute Gasteiger partial charge is 0.478 e. The minimum Gasteiger partial charge on any atom is -0.478 e. The Morgan fingerprint density at radius 1 is 1.39 bits per heavy atom. The van der Waals surface area contributed by atoms with Crippen molar-refractivity contribution < 1.29 is 14.3 Å². The lowest BCUT2D eigenvalue weighted by Crippen LogP contribution is -2.02. The maximum absolute atomic E-state index is 13.6. The normalized spacial score (nSPS) is 10.1. The molecule has 2 aromatic rings. The van der Waals surface area contributed by atoms with Gasteiger partial charge in [-0.15, -0.1) is 0 Å². The molecule has 92 valence electrons. The first-order valence-corrected chi connectivity index (χ1v) is 5.15. The quantitative estimate of drug-likeness (QED) is 0.870. The van der Waals surface area contributed by atoms with E-state index in [2.05, 4.69) is 15.3 Å². The van der Waals surface area contributed by atoms with Crippen LogP contribution in [0.5, 0.6) is 0 Å². The molecule has 1 aromatic heterocycles. The molecule has 0 fully saturated rings. The summed E-state index contributed by atoms with van der Waals surface area (Å²) >= 11 is 0. The van der Waals surface area contributed by atoms with E-state index in [0.717, 1.165) is 0 Å². The SMILES string of the molecule is Cc1ncnc(Nc2cccc(C(=O)O)c2)c1F. The fourth-order valence-electron chi connectivity index (χ4n) is 1.41. The van der Waals surface area contributed by atoms with E-state index in [9.17, 15) is 9.18 Å². The van der Waals surface area contributed by atoms with E-state index >= 15 is 0 Å². The van der Waals surface area contributed by atoms with E-state index < -0.39 is 11.8 Å². The van der Waals surface area contributed by atoms with Crippen LogP contribution in [0, 0.1) is 12.7 Å². The van der Waals surface area contributed by atoms with Gasteiger partial charge in [0.2, 0.25) is 0 Å². The maximum atomic E-state index is 13.6. The molecule has 5 nitrogen and oxygen atoms in total. The lowest BCUT2D eigenvalue weighted by Gasteiger charge is -2.07. The molecule has 0 aliphatic rings. The van der Waals surface area contributed by atoms with Crippen LogP contribution in [-0.4, -0.2) is 21.0 Å². The zero-order valence-corrected chi connectivity index (χ0v) is 9.51. The van der Waals surface area contributed by atoms with E-state index in [-0.39, 0.29) is 17.1 Å². The minimum atomic E-state index is -1.04. The smallest absolute Gasteiger partial charge is 0.335 e. The fourth-order valence-corrected chi connectivity index (χ4v) is 1.41. The molecule has 1 heterocycles. The maximum Gasteiger partial charge on any atom is 0.335 e. The van der Waals surface area contributed by atoms with Gasteiger partial charge in [-0.05, 0) is 25.1 Å². The van der Waals surface area contributed by atoms with Crippen LogP contribution in [0.15, 0.2) is 30.6 Å². The van der Waals surface area contributed by atoms with E-state index in [1.54, 1.807) is 12.1 Å². The average Bonchev–Trinajstić information content (AvgIpc) is 2.35. The summed E-state index contributed by atoms with van der Waals surface area (Å²) in [6.45, 7) is 1.52. The van der Waals surface area contributed by atoms with Crippen molar-refractivity contribution in [2.45, 2.75) is 6.92 Å². The number of aryl methyl sites for hydroxylation is 1. The van der Waals surface area contributed by atoms with Gasteiger partial charge < -0.3 is 10.4 Å². The Balaban J connectivity index is 2.31. The van der Waals surface area contributed by atoms with Crippen LogP contribution >= 0.6 is 0 Å². The van der Waals surface area contributed by atoms with Gasteiger partial charge in [0.1, 0.15) is 6.33 Å². The first-order valence-electron chi connectivity index (χ1n) is 5.15. The molecule has 2 N–H and O–H groups in total. The van der Waals surface area contributed by atoms with E-state index in [0.29, 0.717) is 5.69 Å². The molecule has 18 heavy (non-hydrogen) atoms. The molecule has 0 aliphatic heterocycles. The zero-order chi connectivity index (χ0) is 13.1. The van der Waals surface area contributed by atoms with Crippen LogP contribution in [0.3, 0.4) is 0 Å². The monoisotopic (exact) mass is 247 g/mol. The number of carbonyl (C=O) groups is 1. The van der Waals surface area contributed by atoms with Crippen molar-refractivity contribution in [1.29, 1.82) is 0 Å². The number of rotatable bonds is 3. The van der Waals surface area contributed by atoms with Crippen LogP contribution < -0.4 is 5.32 Å². The van der Waals surface area contributed by atoms with Gasteiger partial charge in [0.25, 0.3) is 0 Å². The van der Waals surface area contributed by atoms with Crippen LogP contribution in [0.4, 0.5) is 15.9 Å².